The molecule has 0 saturated carbocycles. The number of pyridine rings is 1. The highest BCUT2D eigenvalue weighted by molar-refractivity contribution is 6.30. The van der Waals surface area contributed by atoms with Crippen LogP contribution in [0, 0.1) is 0 Å². The summed E-state index contributed by atoms with van der Waals surface area (Å²) < 4.78 is 1.54. The van der Waals surface area contributed by atoms with Gasteiger partial charge in [0.25, 0.3) is 0 Å². The van der Waals surface area contributed by atoms with Gasteiger partial charge in [0, 0.05) is 5.69 Å². The molecule has 6 nitrogen and oxygen atoms in total. The van der Waals surface area contributed by atoms with Crippen molar-refractivity contribution in [1.29, 1.82) is 0 Å². The van der Waals surface area contributed by atoms with E-state index in [4.69, 9.17) is 22.5 Å². The molecule has 0 aromatic carbocycles. The molecule has 3 rings (SSSR count). The molecule has 19 heavy (non-hydrogen) atoms. The van der Waals surface area contributed by atoms with E-state index >= 15 is 0 Å². The Hall–Kier alpha value is -2.08. The third-order valence-corrected chi connectivity index (χ3v) is 3.38. The maximum absolute atomic E-state index is 8.89. The van der Waals surface area contributed by atoms with E-state index in [9.17, 15) is 0 Å². The normalized spacial score (nSPS) is 14.7. The quantitative estimate of drug-likeness (QED) is 0.377. The van der Waals surface area contributed by atoms with Gasteiger partial charge in [-0.2, -0.15) is 5.10 Å². The van der Waals surface area contributed by atoms with Crippen LogP contribution in [-0.2, 0) is 12.8 Å². The van der Waals surface area contributed by atoms with Gasteiger partial charge in [-0.3, -0.25) is 0 Å². The second-order valence-corrected chi connectivity index (χ2v) is 4.84. The van der Waals surface area contributed by atoms with E-state index in [0.717, 1.165) is 30.5 Å². The van der Waals surface area contributed by atoms with Crippen LogP contribution in [-0.4, -0.2) is 25.8 Å². The summed E-state index contributed by atoms with van der Waals surface area (Å²) in [5.41, 5.74) is 8.46. The zero-order valence-electron chi connectivity index (χ0n) is 10.0. The Balaban J connectivity index is 2.21. The lowest BCUT2D eigenvalue weighted by Gasteiger charge is -2.10. The lowest BCUT2D eigenvalue weighted by Crippen LogP contribution is -2.18. The largest absolute Gasteiger partial charge is 0.409 e. The number of nitrogens with two attached hydrogens (primary N) is 1. The number of fused-ring (bicyclic) bond motifs is 1. The monoisotopic (exact) mass is 277 g/mol. The molecule has 0 atom stereocenters. The third kappa shape index (κ3) is 2.04. The highest BCUT2D eigenvalue weighted by atomic mass is 35.5. The van der Waals surface area contributed by atoms with Gasteiger partial charge in [-0.25, -0.2) is 9.67 Å². The van der Waals surface area contributed by atoms with Crippen LogP contribution in [0.3, 0.4) is 0 Å². The maximum atomic E-state index is 8.89. The molecule has 0 unspecified atom stereocenters. The Kier molecular flexibility index (Phi) is 2.87. The second kappa shape index (κ2) is 4.55. The van der Waals surface area contributed by atoms with Gasteiger partial charge in [0.1, 0.15) is 0 Å². The summed E-state index contributed by atoms with van der Waals surface area (Å²) in [5.74, 6) is 0.548. The smallest absolute Gasteiger partial charge is 0.173 e. The summed E-state index contributed by atoms with van der Waals surface area (Å²) >= 11 is 5.87. The molecular formula is C12H12ClN5O. The molecule has 0 saturated heterocycles. The molecule has 1 aliphatic rings. The minimum Gasteiger partial charge on any atom is -0.409 e. The number of amidine groups is 1. The first-order valence-corrected chi connectivity index (χ1v) is 6.28. The molecular weight excluding hydrogens is 266 g/mol. The van der Waals surface area contributed by atoms with E-state index in [2.05, 4.69) is 15.2 Å². The van der Waals surface area contributed by atoms with Crippen molar-refractivity contribution in [2.24, 2.45) is 10.9 Å². The van der Waals surface area contributed by atoms with Crippen LogP contribution in [0.4, 0.5) is 0 Å². The molecule has 0 bridgehead atoms. The number of aryl methyl sites for hydroxylation is 2. The summed E-state index contributed by atoms with van der Waals surface area (Å²) in [6.45, 7) is 0. The number of hydrogen-bond acceptors (Lipinski definition) is 4. The van der Waals surface area contributed by atoms with Gasteiger partial charge in [-0.1, -0.05) is 16.8 Å². The van der Waals surface area contributed by atoms with Crippen LogP contribution in [0.25, 0.3) is 5.82 Å². The predicted octanol–water partition coefficient (Wildman–Crippen LogP) is 1.50. The van der Waals surface area contributed by atoms with Gasteiger partial charge in [-0.05, 0) is 30.9 Å². The zero-order chi connectivity index (χ0) is 13.4. The second-order valence-electron chi connectivity index (χ2n) is 4.41. The highest BCUT2D eigenvalue weighted by Crippen LogP contribution is 2.25. The van der Waals surface area contributed by atoms with Crippen molar-refractivity contribution in [3.63, 3.8) is 0 Å². The number of aromatic nitrogens is 3. The van der Waals surface area contributed by atoms with Gasteiger partial charge < -0.3 is 10.9 Å². The van der Waals surface area contributed by atoms with Crippen LogP contribution in [0.5, 0.6) is 0 Å². The molecule has 0 radical (unpaired) electrons. The number of oxime groups is 1. The molecule has 3 N–H and O–H groups in total. The average molecular weight is 278 g/mol. The van der Waals surface area contributed by atoms with Crippen molar-refractivity contribution >= 4 is 17.4 Å². The van der Waals surface area contributed by atoms with Gasteiger partial charge in [0.15, 0.2) is 11.7 Å². The van der Waals surface area contributed by atoms with E-state index in [-0.39, 0.29) is 5.84 Å². The minimum atomic E-state index is 0.0174. The zero-order valence-corrected chi connectivity index (χ0v) is 10.8. The molecule has 2 aromatic heterocycles. The number of hydrogen-bond donors (Lipinski definition) is 2. The number of rotatable bonds is 2. The Bertz CT molecular complexity index is 664. The van der Waals surface area contributed by atoms with E-state index in [0.29, 0.717) is 16.4 Å². The van der Waals surface area contributed by atoms with Gasteiger partial charge >= 0.3 is 0 Å². The van der Waals surface area contributed by atoms with Crippen molar-refractivity contribution in [2.45, 2.75) is 19.3 Å². The van der Waals surface area contributed by atoms with Crippen LogP contribution >= 0.6 is 11.6 Å². The van der Waals surface area contributed by atoms with Gasteiger partial charge in [0.2, 0.25) is 0 Å². The minimum absolute atomic E-state index is 0.0174. The van der Waals surface area contributed by atoms with Crippen LogP contribution in [0.15, 0.2) is 23.6 Å². The van der Waals surface area contributed by atoms with Gasteiger partial charge in [-0.15, -0.1) is 0 Å². The Labute approximate surface area is 114 Å². The molecule has 98 valence electrons. The van der Waals surface area contributed by atoms with Crippen LogP contribution < -0.4 is 5.73 Å². The number of halogens is 1. The average Bonchev–Trinajstić information content (AvgIpc) is 3.04. The summed E-state index contributed by atoms with van der Waals surface area (Å²) in [6, 6.07) is 1.91. The molecule has 2 heterocycles. The van der Waals surface area contributed by atoms with Crippen molar-refractivity contribution in [3.05, 3.63) is 40.3 Å². The van der Waals surface area contributed by atoms with Crippen molar-refractivity contribution < 1.29 is 5.21 Å². The lowest BCUT2D eigenvalue weighted by molar-refractivity contribution is 0.318. The summed E-state index contributed by atoms with van der Waals surface area (Å²) in [7, 11) is 0. The van der Waals surface area contributed by atoms with Crippen molar-refractivity contribution in [3.8, 4) is 5.82 Å². The molecule has 2 aromatic rings. The first-order chi connectivity index (χ1) is 9.19. The SMILES string of the molecule is NC(=NO)c1cc2c(nc1-n1cc(Cl)cn1)CCC2. The van der Waals surface area contributed by atoms with E-state index in [1.54, 1.807) is 6.20 Å². The molecule has 0 amide bonds. The first kappa shape index (κ1) is 12.0. The van der Waals surface area contributed by atoms with E-state index in [1.165, 1.54) is 10.9 Å². The van der Waals surface area contributed by atoms with E-state index in [1.807, 2.05) is 6.07 Å². The summed E-state index contributed by atoms with van der Waals surface area (Å²) in [4.78, 5) is 4.58. The Morgan fingerprint density at radius 2 is 2.32 bits per heavy atom. The molecule has 0 fully saturated rings. The predicted molar refractivity (Wildman–Crippen MR) is 70.9 cm³/mol. The maximum Gasteiger partial charge on any atom is 0.173 e. The molecule has 7 heteroatoms. The molecule has 0 spiro atoms. The standard InChI is InChI=1S/C12H12ClN5O/c13-8-5-15-18(6-8)12-9(11(14)17-19)4-7-2-1-3-10(7)16-12/h4-6,19H,1-3H2,(H2,14,17). The first-order valence-electron chi connectivity index (χ1n) is 5.90. The fourth-order valence-corrected chi connectivity index (χ4v) is 2.43. The lowest BCUT2D eigenvalue weighted by atomic mass is 10.1. The van der Waals surface area contributed by atoms with Crippen LogP contribution in [0.1, 0.15) is 23.2 Å². The molecule has 0 aliphatic heterocycles. The van der Waals surface area contributed by atoms with Crippen molar-refractivity contribution in [1.82, 2.24) is 14.8 Å². The van der Waals surface area contributed by atoms with E-state index < -0.39 is 0 Å². The highest BCUT2D eigenvalue weighted by Gasteiger charge is 2.19. The van der Waals surface area contributed by atoms with Crippen molar-refractivity contribution in [2.75, 3.05) is 0 Å². The summed E-state index contributed by atoms with van der Waals surface area (Å²) in [5, 5.41) is 16.6. The molecule has 1 aliphatic carbocycles. The fourth-order valence-electron chi connectivity index (χ4n) is 2.29. The fraction of sp³-hybridized carbons (Fsp3) is 0.250. The van der Waals surface area contributed by atoms with Gasteiger partial charge in [0.05, 0.1) is 23.0 Å². The Morgan fingerprint density at radius 3 is 3.00 bits per heavy atom. The number of nitrogens with zero attached hydrogens (tertiary/aromatic N) is 4. The van der Waals surface area contributed by atoms with Crippen LogP contribution in [0.2, 0.25) is 5.02 Å². The Morgan fingerprint density at radius 1 is 1.47 bits per heavy atom. The topological polar surface area (TPSA) is 89.3 Å². The third-order valence-electron chi connectivity index (χ3n) is 3.18. The summed E-state index contributed by atoms with van der Waals surface area (Å²) in [6.07, 6.45) is 6.13.